The van der Waals surface area contributed by atoms with Gasteiger partial charge in [-0.15, -0.1) is 0 Å². The van der Waals surface area contributed by atoms with Gasteiger partial charge >= 0.3 is 0 Å². The molecule has 0 spiro atoms. The summed E-state index contributed by atoms with van der Waals surface area (Å²) in [7, 11) is 0. The average Bonchev–Trinajstić information content (AvgIpc) is 2.19. The van der Waals surface area contributed by atoms with Crippen molar-refractivity contribution in [3.8, 4) is 5.75 Å². The number of hydrogen-bond acceptors (Lipinski definition) is 2. The van der Waals surface area contributed by atoms with Gasteiger partial charge in [-0.2, -0.15) is 0 Å². The fraction of sp³-hybridized carbons (Fsp3) is 0.500. The minimum absolute atomic E-state index is 0.115. The highest BCUT2D eigenvalue weighted by molar-refractivity contribution is 5.22. The maximum atomic E-state index is 9.54. The zero-order valence-corrected chi connectivity index (χ0v) is 8.60. The smallest absolute Gasteiger partial charge is 0.119 e. The molecule has 1 N–H and O–H groups in total. The summed E-state index contributed by atoms with van der Waals surface area (Å²) in [6, 6.07) is 9.77. The Morgan fingerprint density at radius 3 is 2.43 bits per heavy atom. The van der Waals surface area contributed by atoms with Gasteiger partial charge in [0.15, 0.2) is 0 Å². The Bertz CT molecular complexity index is 305. The SMILES string of the molecule is CC1(C)C(O)CC1Oc1ccccc1. The Balaban J connectivity index is 2.01. The summed E-state index contributed by atoms with van der Waals surface area (Å²) in [5.41, 5.74) is -0.115. The molecule has 1 fully saturated rings. The van der Waals surface area contributed by atoms with Crippen molar-refractivity contribution in [3.63, 3.8) is 0 Å². The second kappa shape index (κ2) is 3.28. The van der Waals surface area contributed by atoms with Crippen LogP contribution in [0.1, 0.15) is 20.3 Å². The van der Waals surface area contributed by atoms with Crippen LogP contribution in [-0.4, -0.2) is 17.3 Å². The normalized spacial score (nSPS) is 29.4. The lowest BCUT2D eigenvalue weighted by atomic mass is 9.66. The predicted octanol–water partition coefficient (Wildman–Crippen LogP) is 2.22. The van der Waals surface area contributed by atoms with E-state index in [1.54, 1.807) is 0 Å². The van der Waals surface area contributed by atoms with Crippen LogP contribution in [-0.2, 0) is 0 Å². The number of para-hydroxylation sites is 1. The standard InChI is InChI=1S/C12H16O2/c1-12(2)10(13)8-11(12)14-9-6-4-3-5-7-9/h3-7,10-11,13H,8H2,1-2H3. The van der Waals surface area contributed by atoms with Gasteiger partial charge in [-0.25, -0.2) is 0 Å². The molecule has 2 rings (SSSR count). The van der Waals surface area contributed by atoms with Crippen molar-refractivity contribution in [2.75, 3.05) is 0 Å². The quantitative estimate of drug-likeness (QED) is 0.778. The summed E-state index contributed by atoms with van der Waals surface area (Å²) >= 11 is 0. The molecule has 1 aromatic rings. The first-order chi connectivity index (χ1) is 6.60. The topological polar surface area (TPSA) is 29.5 Å². The van der Waals surface area contributed by atoms with Crippen LogP contribution in [0, 0.1) is 5.41 Å². The zero-order chi connectivity index (χ0) is 10.2. The molecule has 0 aliphatic heterocycles. The van der Waals surface area contributed by atoms with Gasteiger partial charge < -0.3 is 9.84 Å². The second-order valence-electron chi connectivity index (χ2n) is 4.49. The summed E-state index contributed by atoms with van der Waals surface area (Å²) in [5.74, 6) is 0.887. The van der Waals surface area contributed by atoms with E-state index in [2.05, 4.69) is 0 Å². The number of ether oxygens (including phenoxy) is 1. The number of aliphatic hydroxyl groups excluding tert-OH is 1. The molecule has 2 nitrogen and oxygen atoms in total. The van der Waals surface area contributed by atoms with Gasteiger partial charge in [0.1, 0.15) is 11.9 Å². The highest BCUT2D eigenvalue weighted by Crippen LogP contribution is 2.42. The third-order valence-corrected chi connectivity index (χ3v) is 3.15. The summed E-state index contributed by atoms with van der Waals surface area (Å²) in [6.45, 7) is 4.07. The van der Waals surface area contributed by atoms with Crippen LogP contribution < -0.4 is 4.74 Å². The Kier molecular flexibility index (Phi) is 2.23. The number of hydrogen-bond donors (Lipinski definition) is 1. The first-order valence-electron chi connectivity index (χ1n) is 5.00. The van der Waals surface area contributed by atoms with Crippen molar-refractivity contribution in [1.82, 2.24) is 0 Å². The van der Waals surface area contributed by atoms with Gasteiger partial charge in [0.2, 0.25) is 0 Å². The van der Waals surface area contributed by atoms with Gasteiger partial charge in [0.05, 0.1) is 6.10 Å². The largest absolute Gasteiger partial charge is 0.490 e. The fourth-order valence-electron chi connectivity index (χ4n) is 1.73. The minimum atomic E-state index is -0.226. The average molecular weight is 192 g/mol. The maximum Gasteiger partial charge on any atom is 0.119 e. The van der Waals surface area contributed by atoms with E-state index in [1.165, 1.54) is 0 Å². The van der Waals surface area contributed by atoms with E-state index >= 15 is 0 Å². The van der Waals surface area contributed by atoms with Gasteiger partial charge in [-0.05, 0) is 12.1 Å². The van der Waals surface area contributed by atoms with Gasteiger partial charge in [-0.3, -0.25) is 0 Å². The first-order valence-corrected chi connectivity index (χ1v) is 5.00. The number of benzene rings is 1. The molecule has 0 amide bonds. The zero-order valence-electron chi connectivity index (χ0n) is 8.60. The molecule has 0 saturated heterocycles. The van der Waals surface area contributed by atoms with Crippen molar-refractivity contribution in [1.29, 1.82) is 0 Å². The van der Waals surface area contributed by atoms with E-state index < -0.39 is 0 Å². The molecule has 1 aliphatic carbocycles. The lowest BCUT2D eigenvalue weighted by Crippen LogP contribution is -2.56. The Morgan fingerprint density at radius 1 is 1.29 bits per heavy atom. The van der Waals surface area contributed by atoms with E-state index in [4.69, 9.17) is 4.74 Å². The molecule has 2 heteroatoms. The summed E-state index contributed by atoms with van der Waals surface area (Å²) < 4.78 is 5.78. The molecular formula is C12H16O2. The van der Waals surface area contributed by atoms with Crippen LogP contribution in [0.2, 0.25) is 0 Å². The van der Waals surface area contributed by atoms with Crippen molar-refractivity contribution >= 4 is 0 Å². The maximum absolute atomic E-state index is 9.54. The van der Waals surface area contributed by atoms with Crippen molar-refractivity contribution in [2.45, 2.75) is 32.5 Å². The molecule has 1 saturated carbocycles. The molecule has 0 radical (unpaired) electrons. The van der Waals surface area contributed by atoms with E-state index in [1.807, 2.05) is 44.2 Å². The van der Waals surface area contributed by atoms with Crippen LogP contribution in [0.25, 0.3) is 0 Å². The summed E-state index contributed by atoms with van der Waals surface area (Å²) in [4.78, 5) is 0. The minimum Gasteiger partial charge on any atom is -0.490 e. The van der Waals surface area contributed by atoms with Crippen LogP contribution in [0.15, 0.2) is 30.3 Å². The summed E-state index contributed by atoms with van der Waals surface area (Å²) in [5, 5.41) is 9.54. The van der Waals surface area contributed by atoms with Crippen molar-refractivity contribution in [3.05, 3.63) is 30.3 Å². The summed E-state index contributed by atoms with van der Waals surface area (Å²) in [6.07, 6.45) is 0.651. The Hall–Kier alpha value is -1.02. The van der Waals surface area contributed by atoms with Crippen LogP contribution in [0.5, 0.6) is 5.75 Å². The first kappa shape index (κ1) is 9.53. The lowest BCUT2D eigenvalue weighted by Gasteiger charge is -2.48. The molecule has 1 aromatic carbocycles. The fourth-order valence-corrected chi connectivity index (χ4v) is 1.73. The third-order valence-electron chi connectivity index (χ3n) is 3.15. The highest BCUT2D eigenvalue weighted by atomic mass is 16.5. The van der Waals surface area contributed by atoms with E-state index in [-0.39, 0.29) is 17.6 Å². The third kappa shape index (κ3) is 1.50. The molecule has 0 heterocycles. The Morgan fingerprint density at radius 2 is 1.93 bits per heavy atom. The Labute approximate surface area is 84.5 Å². The molecule has 1 aliphatic rings. The molecule has 76 valence electrons. The van der Waals surface area contributed by atoms with Gasteiger partial charge in [-0.1, -0.05) is 32.0 Å². The van der Waals surface area contributed by atoms with Gasteiger partial charge in [0.25, 0.3) is 0 Å². The molecule has 2 atom stereocenters. The lowest BCUT2D eigenvalue weighted by molar-refractivity contribution is -0.134. The van der Waals surface area contributed by atoms with Gasteiger partial charge in [0, 0.05) is 11.8 Å². The predicted molar refractivity (Wildman–Crippen MR) is 55.3 cm³/mol. The van der Waals surface area contributed by atoms with E-state index in [0.717, 1.165) is 12.2 Å². The molecule has 2 unspecified atom stereocenters. The molecule has 0 aromatic heterocycles. The van der Waals surface area contributed by atoms with E-state index in [0.29, 0.717) is 0 Å². The van der Waals surface area contributed by atoms with Crippen molar-refractivity contribution in [2.24, 2.45) is 5.41 Å². The van der Waals surface area contributed by atoms with Crippen molar-refractivity contribution < 1.29 is 9.84 Å². The highest BCUT2D eigenvalue weighted by Gasteiger charge is 2.49. The number of rotatable bonds is 2. The molecule has 14 heavy (non-hydrogen) atoms. The molecular weight excluding hydrogens is 176 g/mol. The molecule has 0 bridgehead atoms. The monoisotopic (exact) mass is 192 g/mol. The van der Waals surface area contributed by atoms with E-state index in [9.17, 15) is 5.11 Å². The van der Waals surface area contributed by atoms with Crippen LogP contribution in [0.3, 0.4) is 0 Å². The number of aliphatic hydroxyl groups is 1. The second-order valence-corrected chi connectivity index (χ2v) is 4.49. The van der Waals surface area contributed by atoms with Crippen LogP contribution in [0.4, 0.5) is 0 Å². The van der Waals surface area contributed by atoms with Crippen LogP contribution >= 0.6 is 0 Å².